The van der Waals surface area contributed by atoms with Gasteiger partial charge in [-0.2, -0.15) is 0 Å². The van der Waals surface area contributed by atoms with Crippen LogP contribution < -0.4 is 0 Å². The molecule has 0 fully saturated rings. The highest BCUT2D eigenvalue weighted by molar-refractivity contribution is 8.00. The molecule has 6 heteroatoms. The van der Waals surface area contributed by atoms with E-state index in [0.29, 0.717) is 6.54 Å². The van der Waals surface area contributed by atoms with Crippen LogP contribution in [0.1, 0.15) is 18.1 Å². The number of carbonyl (C=O) groups is 1. The molecule has 2 aromatic heterocycles. The van der Waals surface area contributed by atoms with Crippen LogP contribution in [0.5, 0.6) is 0 Å². The smallest absolute Gasteiger partial charge is 0.235 e. The summed E-state index contributed by atoms with van der Waals surface area (Å²) in [6, 6.07) is 20.3. The molecule has 142 valence electrons. The Morgan fingerprint density at radius 3 is 2.61 bits per heavy atom. The lowest BCUT2D eigenvalue weighted by Crippen LogP contribution is -2.32. The number of carbonyl (C=O) groups excluding carboxylic acids is 1. The third-order valence-electron chi connectivity index (χ3n) is 4.84. The summed E-state index contributed by atoms with van der Waals surface area (Å²) in [5.41, 5.74) is 4.14. The van der Waals surface area contributed by atoms with Gasteiger partial charge >= 0.3 is 0 Å². The standard InChI is InChI=1S/C22H22N4OS/c1-15-13-20-23-24-22(26(20)19-12-8-7-11-18(15)19)28-16(2)21(27)25(3)14-17-9-5-4-6-10-17/h4-13,16H,14H2,1-3H3. The van der Waals surface area contributed by atoms with Crippen LogP contribution in [0.4, 0.5) is 0 Å². The molecule has 28 heavy (non-hydrogen) atoms. The Labute approximate surface area is 168 Å². The van der Waals surface area contributed by atoms with E-state index in [2.05, 4.69) is 29.3 Å². The van der Waals surface area contributed by atoms with Gasteiger partial charge in [-0.1, -0.05) is 60.3 Å². The lowest BCUT2D eigenvalue weighted by atomic mass is 10.1. The van der Waals surface area contributed by atoms with E-state index in [-0.39, 0.29) is 11.2 Å². The summed E-state index contributed by atoms with van der Waals surface area (Å²) in [6.07, 6.45) is 0. The van der Waals surface area contributed by atoms with E-state index in [4.69, 9.17) is 0 Å². The highest BCUT2D eigenvalue weighted by atomic mass is 32.2. The number of nitrogens with zero attached hydrogens (tertiary/aromatic N) is 4. The van der Waals surface area contributed by atoms with Crippen LogP contribution in [-0.4, -0.2) is 37.7 Å². The first kappa shape index (κ1) is 18.5. The van der Waals surface area contributed by atoms with Crippen molar-refractivity contribution in [3.8, 4) is 0 Å². The van der Waals surface area contributed by atoms with E-state index < -0.39 is 0 Å². The predicted molar refractivity (Wildman–Crippen MR) is 113 cm³/mol. The summed E-state index contributed by atoms with van der Waals surface area (Å²) < 4.78 is 2.04. The second-order valence-electron chi connectivity index (χ2n) is 6.96. The molecule has 2 aromatic carbocycles. The molecule has 0 N–H and O–H groups in total. The third kappa shape index (κ3) is 3.47. The van der Waals surface area contributed by atoms with Gasteiger partial charge in [0.2, 0.25) is 5.91 Å². The molecule has 4 rings (SSSR count). The number of aromatic nitrogens is 3. The first-order valence-corrected chi connectivity index (χ1v) is 10.1. The number of fused-ring (bicyclic) bond motifs is 3. The molecule has 0 bridgehead atoms. The second kappa shape index (κ2) is 7.64. The molecule has 1 unspecified atom stereocenters. The molecule has 0 aliphatic heterocycles. The molecule has 0 saturated heterocycles. The van der Waals surface area contributed by atoms with Crippen molar-refractivity contribution in [2.24, 2.45) is 0 Å². The number of thioether (sulfide) groups is 1. The van der Waals surface area contributed by atoms with Crippen LogP contribution in [-0.2, 0) is 11.3 Å². The van der Waals surface area contributed by atoms with Crippen molar-refractivity contribution in [3.05, 3.63) is 71.8 Å². The summed E-state index contributed by atoms with van der Waals surface area (Å²) in [4.78, 5) is 14.6. The summed E-state index contributed by atoms with van der Waals surface area (Å²) in [5, 5.41) is 10.3. The number of benzene rings is 2. The van der Waals surface area contributed by atoms with Gasteiger partial charge in [-0.05, 0) is 37.1 Å². The van der Waals surface area contributed by atoms with Crippen molar-refractivity contribution >= 4 is 34.2 Å². The maximum Gasteiger partial charge on any atom is 0.235 e. The van der Waals surface area contributed by atoms with Crippen molar-refractivity contribution in [3.63, 3.8) is 0 Å². The number of hydrogen-bond acceptors (Lipinski definition) is 4. The Balaban J connectivity index is 1.59. The lowest BCUT2D eigenvalue weighted by Gasteiger charge is -2.21. The highest BCUT2D eigenvalue weighted by Crippen LogP contribution is 2.28. The zero-order chi connectivity index (χ0) is 19.7. The Morgan fingerprint density at radius 1 is 1.11 bits per heavy atom. The highest BCUT2D eigenvalue weighted by Gasteiger charge is 2.22. The minimum atomic E-state index is -0.263. The van der Waals surface area contributed by atoms with Gasteiger partial charge in [-0.3, -0.25) is 9.20 Å². The molecule has 2 heterocycles. The molecule has 0 radical (unpaired) electrons. The van der Waals surface area contributed by atoms with Crippen LogP contribution >= 0.6 is 11.8 Å². The van der Waals surface area contributed by atoms with E-state index in [1.165, 1.54) is 17.3 Å². The first-order chi connectivity index (χ1) is 13.5. The number of para-hydroxylation sites is 1. The molecule has 0 saturated carbocycles. The summed E-state index contributed by atoms with van der Waals surface area (Å²) in [6.45, 7) is 4.59. The minimum absolute atomic E-state index is 0.0713. The van der Waals surface area contributed by atoms with Gasteiger partial charge in [0.05, 0.1) is 10.8 Å². The molecule has 4 aromatic rings. The molecular weight excluding hydrogens is 368 g/mol. The number of aryl methyl sites for hydroxylation is 1. The maximum atomic E-state index is 12.9. The van der Waals surface area contributed by atoms with E-state index >= 15 is 0 Å². The Hall–Kier alpha value is -2.86. The number of amides is 1. The molecule has 0 aliphatic carbocycles. The number of rotatable bonds is 5. The van der Waals surface area contributed by atoms with Crippen molar-refractivity contribution in [2.75, 3.05) is 7.05 Å². The summed E-state index contributed by atoms with van der Waals surface area (Å²) >= 11 is 1.45. The SMILES string of the molecule is Cc1cc2nnc(SC(C)C(=O)N(C)Cc3ccccc3)n2c2ccccc12. The Bertz CT molecular complexity index is 1140. The molecule has 1 atom stereocenters. The van der Waals surface area contributed by atoms with Gasteiger partial charge in [-0.15, -0.1) is 10.2 Å². The molecule has 0 aliphatic rings. The van der Waals surface area contributed by atoms with Crippen molar-refractivity contribution < 1.29 is 4.79 Å². The fraction of sp³-hybridized carbons (Fsp3) is 0.227. The van der Waals surface area contributed by atoms with Crippen LogP contribution in [0, 0.1) is 6.92 Å². The van der Waals surface area contributed by atoms with Crippen LogP contribution in [0.25, 0.3) is 16.6 Å². The Morgan fingerprint density at radius 2 is 1.82 bits per heavy atom. The van der Waals surface area contributed by atoms with Gasteiger partial charge in [-0.25, -0.2) is 0 Å². The lowest BCUT2D eigenvalue weighted by molar-refractivity contribution is -0.129. The van der Waals surface area contributed by atoms with Crippen molar-refractivity contribution in [1.29, 1.82) is 0 Å². The average Bonchev–Trinajstić information content (AvgIpc) is 3.10. The zero-order valence-corrected chi connectivity index (χ0v) is 17.0. The minimum Gasteiger partial charge on any atom is -0.340 e. The van der Waals surface area contributed by atoms with E-state index in [0.717, 1.165) is 27.3 Å². The zero-order valence-electron chi connectivity index (χ0n) is 16.2. The monoisotopic (exact) mass is 390 g/mol. The number of pyridine rings is 1. The fourth-order valence-electron chi connectivity index (χ4n) is 3.41. The van der Waals surface area contributed by atoms with Crippen LogP contribution in [0.2, 0.25) is 0 Å². The first-order valence-electron chi connectivity index (χ1n) is 9.23. The van der Waals surface area contributed by atoms with E-state index in [1.54, 1.807) is 4.90 Å². The van der Waals surface area contributed by atoms with E-state index in [9.17, 15) is 4.79 Å². The normalized spacial score (nSPS) is 12.4. The third-order valence-corrected chi connectivity index (χ3v) is 5.87. The van der Waals surface area contributed by atoms with Crippen LogP contribution in [0.3, 0.4) is 0 Å². The average molecular weight is 391 g/mol. The fourth-order valence-corrected chi connectivity index (χ4v) is 4.39. The topological polar surface area (TPSA) is 50.5 Å². The maximum absolute atomic E-state index is 12.9. The number of hydrogen-bond donors (Lipinski definition) is 0. The molecule has 1 amide bonds. The van der Waals surface area contributed by atoms with E-state index in [1.807, 2.05) is 66.9 Å². The predicted octanol–water partition coefficient (Wildman–Crippen LogP) is 4.33. The van der Waals surface area contributed by atoms with Gasteiger partial charge in [0, 0.05) is 19.0 Å². The Kier molecular flexibility index (Phi) is 5.05. The van der Waals surface area contributed by atoms with Gasteiger partial charge in [0.25, 0.3) is 0 Å². The summed E-state index contributed by atoms with van der Waals surface area (Å²) in [7, 11) is 1.84. The summed E-state index contributed by atoms with van der Waals surface area (Å²) in [5.74, 6) is 0.0713. The van der Waals surface area contributed by atoms with Crippen LogP contribution in [0.15, 0.2) is 65.8 Å². The van der Waals surface area contributed by atoms with Crippen molar-refractivity contribution in [1.82, 2.24) is 19.5 Å². The van der Waals surface area contributed by atoms with Crippen molar-refractivity contribution in [2.45, 2.75) is 30.8 Å². The molecule has 5 nitrogen and oxygen atoms in total. The van der Waals surface area contributed by atoms with Gasteiger partial charge < -0.3 is 4.90 Å². The quantitative estimate of drug-likeness (QED) is 0.476. The van der Waals surface area contributed by atoms with Gasteiger partial charge in [0.1, 0.15) is 0 Å². The second-order valence-corrected chi connectivity index (χ2v) is 8.27. The largest absolute Gasteiger partial charge is 0.340 e. The molecule has 0 spiro atoms. The van der Waals surface area contributed by atoms with Gasteiger partial charge in [0.15, 0.2) is 10.8 Å². The molecular formula is C22H22N4OS.